The molecule has 3 N–H and O–H groups in total. The molecule has 8 nitrogen and oxygen atoms in total. The minimum absolute atomic E-state index is 0.0319. The molecule has 2 aromatic carbocycles. The Kier molecular flexibility index (Phi) is 7.16. The molecule has 0 unspecified atom stereocenters. The van der Waals surface area contributed by atoms with Gasteiger partial charge in [0.1, 0.15) is 22.5 Å². The van der Waals surface area contributed by atoms with Gasteiger partial charge in [-0.05, 0) is 24.3 Å². The van der Waals surface area contributed by atoms with E-state index in [1.54, 1.807) is 18.2 Å². The van der Waals surface area contributed by atoms with Gasteiger partial charge in [0, 0.05) is 43.8 Å². The second kappa shape index (κ2) is 10.00. The van der Waals surface area contributed by atoms with Gasteiger partial charge in [0.25, 0.3) is 0 Å². The Morgan fingerprint density at radius 3 is 2.23 bits per heavy atom. The molecule has 0 aliphatic heterocycles. The Hall–Kier alpha value is -3.23. The minimum atomic E-state index is -0.335. The average molecular weight is 416 g/mol. The summed E-state index contributed by atoms with van der Waals surface area (Å²) in [5, 5.41) is 27.8. The third kappa shape index (κ3) is 4.67. The highest BCUT2D eigenvalue weighted by Crippen LogP contribution is 2.43. The van der Waals surface area contributed by atoms with Gasteiger partial charge in [-0.1, -0.05) is 0 Å². The van der Waals surface area contributed by atoms with E-state index >= 15 is 0 Å². The smallest absolute Gasteiger partial charge is 0.204 e. The maximum atomic E-state index is 13.0. The fourth-order valence-corrected chi connectivity index (χ4v) is 2.94. The molecule has 8 heteroatoms. The topological polar surface area (TPSA) is 119 Å². The highest BCUT2D eigenvalue weighted by atomic mass is 16.5. The largest absolute Gasteiger partial charge is 0.508 e. The lowest BCUT2D eigenvalue weighted by atomic mass is 10.1. The number of phenols is 1. The number of hydrogen-bond acceptors (Lipinski definition) is 8. The number of methoxy groups -OCH3 is 1. The van der Waals surface area contributed by atoms with E-state index in [1.807, 2.05) is 0 Å². The first-order chi connectivity index (χ1) is 14.6. The van der Waals surface area contributed by atoms with E-state index in [4.69, 9.17) is 28.8 Å². The van der Waals surface area contributed by atoms with Gasteiger partial charge >= 0.3 is 0 Å². The number of aromatic hydroxyl groups is 1. The lowest BCUT2D eigenvalue weighted by Crippen LogP contribution is -2.09. The molecule has 160 valence electrons. The summed E-state index contributed by atoms with van der Waals surface area (Å²) in [7, 11) is 1.44. The average Bonchev–Trinajstić information content (AvgIpc) is 2.74. The molecule has 1 aromatic heterocycles. The summed E-state index contributed by atoms with van der Waals surface area (Å²) in [6, 6.07) is 9.18. The molecule has 0 aliphatic rings. The molecule has 0 amide bonds. The molecule has 0 aliphatic carbocycles. The minimum Gasteiger partial charge on any atom is -0.508 e. The van der Waals surface area contributed by atoms with Crippen LogP contribution in [0, 0.1) is 0 Å². The van der Waals surface area contributed by atoms with Gasteiger partial charge in [-0.15, -0.1) is 0 Å². The molecule has 0 spiro atoms. The van der Waals surface area contributed by atoms with Crippen LogP contribution in [0.15, 0.2) is 45.6 Å². The zero-order valence-electron chi connectivity index (χ0n) is 16.6. The van der Waals surface area contributed by atoms with Gasteiger partial charge in [-0.25, -0.2) is 0 Å². The number of phenolic OH excluding ortho intramolecular Hbond substituents is 1. The first-order valence-electron chi connectivity index (χ1n) is 9.54. The Bertz CT molecular complexity index is 1040. The zero-order chi connectivity index (χ0) is 21.5. The van der Waals surface area contributed by atoms with Crippen molar-refractivity contribution in [2.75, 3.05) is 33.5 Å². The Morgan fingerprint density at radius 2 is 1.60 bits per heavy atom. The van der Waals surface area contributed by atoms with Crippen molar-refractivity contribution in [1.82, 2.24) is 0 Å². The maximum Gasteiger partial charge on any atom is 0.204 e. The summed E-state index contributed by atoms with van der Waals surface area (Å²) in [4.78, 5) is 13.0. The fraction of sp³-hybridized carbons (Fsp3) is 0.318. The van der Waals surface area contributed by atoms with Gasteiger partial charge in [-0.3, -0.25) is 4.79 Å². The van der Waals surface area contributed by atoms with Gasteiger partial charge in [-0.2, -0.15) is 0 Å². The summed E-state index contributed by atoms with van der Waals surface area (Å²) < 4.78 is 22.9. The van der Waals surface area contributed by atoms with Crippen LogP contribution >= 0.6 is 0 Å². The number of fused-ring (bicyclic) bond motifs is 1. The first-order valence-corrected chi connectivity index (χ1v) is 9.54. The maximum absolute atomic E-state index is 13.0. The molecule has 0 radical (unpaired) electrons. The van der Waals surface area contributed by atoms with E-state index in [0.717, 1.165) is 0 Å². The molecule has 0 saturated heterocycles. The Morgan fingerprint density at radius 1 is 0.933 bits per heavy atom. The number of rotatable bonds is 10. The quantitative estimate of drug-likeness (QED) is 0.432. The zero-order valence-corrected chi connectivity index (χ0v) is 16.6. The van der Waals surface area contributed by atoms with Gasteiger partial charge < -0.3 is 33.9 Å². The second-order valence-corrected chi connectivity index (χ2v) is 6.48. The van der Waals surface area contributed by atoms with E-state index in [9.17, 15) is 9.90 Å². The van der Waals surface area contributed by atoms with Crippen LogP contribution in [0.4, 0.5) is 0 Å². The Balaban J connectivity index is 2.17. The molecule has 1 heterocycles. The van der Waals surface area contributed by atoms with Crippen molar-refractivity contribution in [3.63, 3.8) is 0 Å². The van der Waals surface area contributed by atoms with E-state index in [-0.39, 0.29) is 60.1 Å². The van der Waals surface area contributed by atoms with E-state index < -0.39 is 0 Å². The van der Waals surface area contributed by atoms with Crippen LogP contribution < -0.4 is 19.6 Å². The van der Waals surface area contributed by atoms with Crippen LogP contribution in [-0.4, -0.2) is 48.9 Å². The van der Waals surface area contributed by atoms with Crippen molar-refractivity contribution in [3.05, 3.63) is 46.6 Å². The molecule has 0 atom stereocenters. The van der Waals surface area contributed by atoms with Crippen LogP contribution in [-0.2, 0) is 0 Å². The summed E-state index contributed by atoms with van der Waals surface area (Å²) in [5.41, 5.74) is 0.524. The van der Waals surface area contributed by atoms with Crippen molar-refractivity contribution in [1.29, 1.82) is 0 Å². The molecule has 0 fully saturated rings. The van der Waals surface area contributed by atoms with Gasteiger partial charge in [0.2, 0.25) is 5.75 Å². The van der Waals surface area contributed by atoms with Crippen LogP contribution in [0.25, 0.3) is 22.3 Å². The fourth-order valence-electron chi connectivity index (χ4n) is 2.94. The molecular formula is C22H24O8. The summed E-state index contributed by atoms with van der Waals surface area (Å²) in [6.07, 6.45) is 0.788. The van der Waals surface area contributed by atoms with Gasteiger partial charge in [0.15, 0.2) is 16.9 Å². The van der Waals surface area contributed by atoms with Crippen molar-refractivity contribution >= 4 is 11.0 Å². The van der Waals surface area contributed by atoms with Gasteiger partial charge in [0.05, 0.1) is 20.3 Å². The normalized spacial score (nSPS) is 10.9. The molecule has 3 aromatic rings. The predicted molar refractivity (Wildman–Crippen MR) is 111 cm³/mol. The lowest BCUT2D eigenvalue weighted by Gasteiger charge is -2.17. The number of aliphatic hydroxyl groups is 2. The second-order valence-electron chi connectivity index (χ2n) is 6.48. The third-order valence-corrected chi connectivity index (χ3v) is 4.36. The monoisotopic (exact) mass is 416 g/mol. The van der Waals surface area contributed by atoms with Crippen molar-refractivity contribution in [2.24, 2.45) is 0 Å². The standard InChI is InChI=1S/C22H24O8/c1-27-21-19(28-10-2-8-23)13-18-20(22(21)29-11-3-9-24)16(26)12-17(30-18)14-4-6-15(25)7-5-14/h4-7,12-13,23-25H,2-3,8-11H2,1H3. The third-order valence-electron chi connectivity index (χ3n) is 4.36. The SMILES string of the molecule is COc1c(OCCCO)cc2oc(-c3ccc(O)cc3)cc(=O)c2c1OCCCO. The molecule has 0 bridgehead atoms. The van der Waals surface area contributed by atoms with Crippen LogP contribution in [0.2, 0.25) is 0 Å². The molecule has 30 heavy (non-hydrogen) atoms. The highest BCUT2D eigenvalue weighted by molar-refractivity contribution is 5.90. The van der Waals surface area contributed by atoms with Crippen molar-refractivity contribution in [3.8, 4) is 34.3 Å². The van der Waals surface area contributed by atoms with Crippen LogP contribution in [0.5, 0.6) is 23.0 Å². The van der Waals surface area contributed by atoms with Crippen LogP contribution in [0.1, 0.15) is 12.8 Å². The Labute approximate surface area is 172 Å². The summed E-state index contributed by atoms with van der Waals surface area (Å²) >= 11 is 0. The predicted octanol–water partition coefficient (Wildman–Crippen LogP) is 2.70. The first kappa shape index (κ1) is 21.5. The molecule has 3 rings (SSSR count). The lowest BCUT2D eigenvalue weighted by molar-refractivity contribution is 0.218. The number of hydrogen-bond donors (Lipinski definition) is 3. The number of benzene rings is 2. The summed E-state index contributed by atoms with van der Waals surface area (Å²) in [6.45, 7) is 0.305. The van der Waals surface area contributed by atoms with E-state index in [0.29, 0.717) is 29.9 Å². The summed E-state index contributed by atoms with van der Waals surface area (Å²) in [5.74, 6) is 1.14. The van der Waals surface area contributed by atoms with E-state index in [1.165, 1.54) is 25.3 Å². The molecular weight excluding hydrogens is 392 g/mol. The number of ether oxygens (including phenoxy) is 3. The highest BCUT2D eigenvalue weighted by Gasteiger charge is 2.22. The number of aliphatic hydroxyl groups excluding tert-OH is 2. The van der Waals surface area contributed by atoms with Crippen molar-refractivity contribution in [2.45, 2.75) is 12.8 Å². The van der Waals surface area contributed by atoms with Crippen LogP contribution in [0.3, 0.4) is 0 Å². The molecule has 0 saturated carbocycles. The van der Waals surface area contributed by atoms with E-state index in [2.05, 4.69) is 0 Å². The van der Waals surface area contributed by atoms with Crippen molar-refractivity contribution < 1.29 is 33.9 Å².